The van der Waals surface area contributed by atoms with Gasteiger partial charge in [-0.05, 0) is 42.6 Å². The highest BCUT2D eigenvalue weighted by Crippen LogP contribution is 2.44. The summed E-state index contributed by atoms with van der Waals surface area (Å²) in [5.74, 6) is 0. The Kier molecular flexibility index (Phi) is 5.41. The first-order valence-electron chi connectivity index (χ1n) is 8.00. The molecule has 2 aromatic carbocycles. The summed E-state index contributed by atoms with van der Waals surface area (Å²) in [4.78, 5) is 5.52. The molecule has 0 saturated heterocycles. The highest BCUT2D eigenvalue weighted by molar-refractivity contribution is 8.16. The van der Waals surface area contributed by atoms with Gasteiger partial charge in [-0.15, -0.1) is 12.4 Å². The fourth-order valence-electron chi connectivity index (χ4n) is 2.91. The van der Waals surface area contributed by atoms with Crippen LogP contribution in [0.15, 0.2) is 96.1 Å². The van der Waals surface area contributed by atoms with Crippen molar-refractivity contribution in [1.82, 2.24) is 9.55 Å². The molecule has 2 unspecified atom stereocenters. The molecular formula is C20H20ClN3S. The van der Waals surface area contributed by atoms with Gasteiger partial charge in [0.1, 0.15) is 0 Å². The van der Waals surface area contributed by atoms with E-state index in [1.807, 2.05) is 18.7 Å². The maximum Gasteiger partial charge on any atom is 0.0952 e. The molecular weight excluding hydrogens is 350 g/mol. The van der Waals surface area contributed by atoms with Crippen LogP contribution >= 0.6 is 23.1 Å². The van der Waals surface area contributed by atoms with Gasteiger partial charge in [-0.25, -0.2) is 4.98 Å². The minimum Gasteiger partial charge on any atom is -0.329 e. The van der Waals surface area contributed by atoms with E-state index in [4.69, 9.17) is 0 Å². The van der Waals surface area contributed by atoms with Crippen molar-refractivity contribution in [3.8, 4) is 0 Å². The van der Waals surface area contributed by atoms with Crippen molar-refractivity contribution in [2.75, 3.05) is 4.31 Å². The van der Waals surface area contributed by atoms with E-state index >= 15 is 0 Å². The summed E-state index contributed by atoms with van der Waals surface area (Å²) in [6.45, 7) is 2.22. The Morgan fingerprint density at radius 3 is 2.28 bits per heavy atom. The van der Waals surface area contributed by atoms with E-state index in [0.717, 1.165) is 0 Å². The second kappa shape index (κ2) is 7.72. The Morgan fingerprint density at radius 2 is 1.64 bits per heavy atom. The fraction of sp³-hybridized carbons (Fsp3) is 0.100. The van der Waals surface area contributed by atoms with Crippen LogP contribution in [0.3, 0.4) is 0 Å². The van der Waals surface area contributed by atoms with Crippen molar-refractivity contribution < 1.29 is 0 Å². The highest BCUT2D eigenvalue weighted by Gasteiger charge is 2.25. The van der Waals surface area contributed by atoms with E-state index in [1.54, 1.807) is 0 Å². The van der Waals surface area contributed by atoms with Crippen LogP contribution in [-0.4, -0.2) is 14.9 Å². The predicted octanol–water partition coefficient (Wildman–Crippen LogP) is 5.32. The molecule has 128 valence electrons. The third kappa shape index (κ3) is 3.41. The van der Waals surface area contributed by atoms with Gasteiger partial charge in [0, 0.05) is 17.3 Å². The topological polar surface area (TPSA) is 21.1 Å². The summed E-state index contributed by atoms with van der Waals surface area (Å²) in [5, 5.41) is 2.31. The molecule has 0 bridgehead atoms. The molecule has 0 fully saturated rings. The second-order valence-electron chi connectivity index (χ2n) is 5.67. The van der Waals surface area contributed by atoms with Crippen LogP contribution in [0, 0.1) is 0 Å². The van der Waals surface area contributed by atoms with E-state index < -0.39 is 0 Å². The largest absolute Gasteiger partial charge is 0.329 e. The lowest BCUT2D eigenvalue weighted by Gasteiger charge is -2.30. The van der Waals surface area contributed by atoms with E-state index in [-0.39, 0.29) is 29.1 Å². The van der Waals surface area contributed by atoms with E-state index in [2.05, 4.69) is 92.9 Å². The molecule has 0 N–H and O–H groups in total. The van der Waals surface area contributed by atoms with Crippen LogP contribution in [0.5, 0.6) is 0 Å². The maximum atomic E-state index is 4.20. The summed E-state index contributed by atoms with van der Waals surface area (Å²) in [5.41, 5.74) is 2.50. The van der Waals surface area contributed by atoms with Crippen molar-refractivity contribution in [1.29, 1.82) is 0 Å². The number of allylic oxidation sites excluding steroid dienone is 2. The molecule has 0 radical (unpaired) electrons. The highest BCUT2D eigenvalue weighted by atomic mass is 35.5. The zero-order valence-electron chi connectivity index (χ0n) is 13.9. The minimum atomic E-state index is -0.110. The summed E-state index contributed by atoms with van der Waals surface area (Å²) >= 11 is 0. The van der Waals surface area contributed by atoms with Crippen LogP contribution in [0.25, 0.3) is 0 Å². The molecule has 0 amide bonds. The zero-order valence-corrected chi connectivity index (χ0v) is 15.5. The van der Waals surface area contributed by atoms with E-state index in [0.29, 0.717) is 0 Å². The predicted molar refractivity (Wildman–Crippen MR) is 110 cm³/mol. The molecule has 25 heavy (non-hydrogen) atoms. The van der Waals surface area contributed by atoms with Gasteiger partial charge >= 0.3 is 0 Å². The van der Waals surface area contributed by atoms with Gasteiger partial charge in [0.05, 0.1) is 23.8 Å². The smallest absolute Gasteiger partial charge is 0.0952 e. The first-order chi connectivity index (χ1) is 11.8. The van der Waals surface area contributed by atoms with Crippen LogP contribution in [0.4, 0.5) is 5.69 Å². The summed E-state index contributed by atoms with van der Waals surface area (Å²) in [6, 6.07) is 21.5. The number of aromatic nitrogens is 2. The van der Waals surface area contributed by atoms with Crippen LogP contribution in [0.1, 0.15) is 13.0 Å². The Bertz CT molecular complexity index is 874. The molecule has 0 aliphatic carbocycles. The summed E-state index contributed by atoms with van der Waals surface area (Å²) in [6.07, 6.45) is 7.99. The number of benzene rings is 2. The number of nitrogens with zero attached hydrogens (tertiary/aromatic N) is 3. The molecule has 1 aromatic heterocycles. The number of hydrogen-bond donors (Lipinski definition) is 0. The molecule has 2 atom stereocenters. The zero-order chi connectivity index (χ0) is 16.4. The molecule has 0 spiro atoms. The maximum absolute atomic E-state index is 4.20. The van der Waals surface area contributed by atoms with E-state index in [9.17, 15) is 0 Å². The van der Waals surface area contributed by atoms with Gasteiger partial charge in [0.15, 0.2) is 0 Å². The van der Waals surface area contributed by atoms with Crippen molar-refractivity contribution in [3.63, 3.8) is 0 Å². The molecule has 1 aliphatic rings. The lowest BCUT2D eigenvalue weighted by atomic mass is 10.2. The number of rotatable bonds is 4. The lowest BCUT2D eigenvalue weighted by Crippen LogP contribution is -2.20. The second-order valence-corrected chi connectivity index (χ2v) is 7.41. The monoisotopic (exact) mass is 369 g/mol. The van der Waals surface area contributed by atoms with Crippen molar-refractivity contribution in [2.45, 2.75) is 17.9 Å². The van der Waals surface area contributed by atoms with Crippen molar-refractivity contribution >= 4 is 34.1 Å². The van der Waals surface area contributed by atoms with Gasteiger partial charge in [0.25, 0.3) is 0 Å². The number of anilines is 1. The van der Waals surface area contributed by atoms with Gasteiger partial charge < -0.3 is 4.57 Å². The number of para-hydroxylation sites is 1. The van der Waals surface area contributed by atoms with Gasteiger partial charge in [0.2, 0.25) is 0 Å². The average molecular weight is 370 g/mol. The van der Waals surface area contributed by atoms with E-state index in [1.165, 1.54) is 16.3 Å². The number of hydrogen-bond acceptors (Lipinski definition) is 2. The Morgan fingerprint density at radius 1 is 0.960 bits per heavy atom. The molecule has 3 nitrogen and oxygen atoms in total. The third-order valence-corrected chi connectivity index (χ3v) is 6.14. The molecule has 5 heteroatoms. The first-order valence-corrected chi connectivity index (χ1v) is 9.25. The first kappa shape index (κ1) is 17.5. The SMILES string of the molecule is CC(C1=CC=S(c2ccccc2)N1c1ccccc1)n1ccnc1.Cl. The van der Waals surface area contributed by atoms with Crippen molar-refractivity contribution in [3.05, 3.63) is 91.2 Å². The number of halogens is 1. The van der Waals surface area contributed by atoms with Crippen LogP contribution in [-0.2, 0) is 0 Å². The van der Waals surface area contributed by atoms with Gasteiger partial charge in [-0.1, -0.05) is 47.1 Å². The normalized spacial score (nSPS) is 17.4. The number of imidazole rings is 1. The Balaban J connectivity index is 0.00000182. The average Bonchev–Trinajstić information content (AvgIpc) is 3.32. The summed E-state index contributed by atoms with van der Waals surface area (Å²) < 4.78 is 4.59. The molecule has 2 heterocycles. The van der Waals surface area contributed by atoms with Crippen LogP contribution in [0.2, 0.25) is 0 Å². The summed E-state index contributed by atoms with van der Waals surface area (Å²) in [7, 11) is -0.110. The standard InChI is InChI=1S/C20H19N3S.ClH/c1-17(22-14-13-21-16-22)20-12-15-24(19-10-6-3-7-11-19)23(20)18-8-4-2-5-9-18;/h2-17H,1H3;1H. The quantitative estimate of drug-likeness (QED) is 0.580. The minimum absolute atomic E-state index is 0. The third-order valence-electron chi connectivity index (χ3n) is 4.17. The molecule has 0 saturated carbocycles. The molecule has 4 rings (SSSR count). The van der Waals surface area contributed by atoms with Gasteiger partial charge in [-0.2, -0.15) is 0 Å². The van der Waals surface area contributed by atoms with Gasteiger partial charge in [-0.3, -0.25) is 4.31 Å². The molecule has 1 aliphatic heterocycles. The molecule has 3 aromatic rings. The van der Waals surface area contributed by atoms with Crippen molar-refractivity contribution in [2.24, 2.45) is 0 Å². The fourth-order valence-corrected chi connectivity index (χ4v) is 4.89. The van der Waals surface area contributed by atoms with Crippen LogP contribution < -0.4 is 4.31 Å². The lowest BCUT2D eigenvalue weighted by molar-refractivity contribution is 0.622. The Labute approximate surface area is 157 Å². The Hall–Kier alpha value is -2.30.